The molecular formula is C14H15ClN2O3. The normalized spacial score (nSPS) is 12.9. The van der Waals surface area contributed by atoms with Crippen LogP contribution in [0.5, 0.6) is 11.5 Å². The van der Waals surface area contributed by atoms with Crippen molar-refractivity contribution in [1.29, 1.82) is 0 Å². The molecule has 1 aromatic carbocycles. The molecular weight excluding hydrogens is 280 g/mol. The van der Waals surface area contributed by atoms with Crippen LogP contribution >= 0.6 is 11.6 Å². The molecule has 6 heteroatoms. The highest BCUT2D eigenvalue weighted by Crippen LogP contribution is 2.39. The van der Waals surface area contributed by atoms with Crippen molar-refractivity contribution in [2.75, 3.05) is 6.79 Å². The monoisotopic (exact) mass is 294 g/mol. The van der Waals surface area contributed by atoms with Gasteiger partial charge in [0, 0.05) is 6.54 Å². The Hall–Kier alpha value is -1.72. The molecule has 106 valence electrons. The average molecular weight is 295 g/mol. The van der Waals surface area contributed by atoms with E-state index in [2.05, 4.69) is 10.3 Å². The minimum absolute atomic E-state index is 0.223. The first-order valence-electron chi connectivity index (χ1n) is 6.35. The molecule has 0 radical (unpaired) electrons. The Balaban J connectivity index is 1.63. The maximum absolute atomic E-state index is 6.13. The third kappa shape index (κ3) is 2.59. The third-order valence-electron chi connectivity index (χ3n) is 3.17. The summed E-state index contributed by atoms with van der Waals surface area (Å²) < 4.78 is 16.1. The van der Waals surface area contributed by atoms with Crippen molar-refractivity contribution in [3.63, 3.8) is 0 Å². The molecule has 0 spiro atoms. The summed E-state index contributed by atoms with van der Waals surface area (Å²) in [6.07, 6.45) is 0. The van der Waals surface area contributed by atoms with Crippen LogP contribution < -0.4 is 14.8 Å². The molecule has 0 saturated carbocycles. The van der Waals surface area contributed by atoms with Crippen LogP contribution in [0.2, 0.25) is 5.02 Å². The number of fused-ring (bicyclic) bond motifs is 1. The molecule has 0 atom stereocenters. The number of hydrogen-bond donors (Lipinski definition) is 1. The Morgan fingerprint density at radius 1 is 1.25 bits per heavy atom. The van der Waals surface area contributed by atoms with Gasteiger partial charge in [0.1, 0.15) is 5.76 Å². The molecule has 2 aromatic rings. The number of halogens is 1. The van der Waals surface area contributed by atoms with E-state index in [1.807, 2.05) is 26.0 Å². The van der Waals surface area contributed by atoms with E-state index in [0.29, 0.717) is 35.5 Å². The van der Waals surface area contributed by atoms with Crippen LogP contribution in [0.1, 0.15) is 22.9 Å². The van der Waals surface area contributed by atoms with Gasteiger partial charge in [-0.2, -0.15) is 0 Å². The zero-order valence-electron chi connectivity index (χ0n) is 11.3. The van der Waals surface area contributed by atoms with Gasteiger partial charge in [0.15, 0.2) is 11.5 Å². The number of aryl methyl sites for hydroxylation is 2. The van der Waals surface area contributed by atoms with Gasteiger partial charge in [0.05, 0.1) is 17.3 Å². The molecule has 1 aliphatic heterocycles. The smallest absolute Gasteiger partial charge is 0.231 e. The average Bonchev–Trinajstić information content (AvgIpc) is 2.98. The number of ether oxygens (including phenoxy) is 2. The summed E-state index contributed by atoms with van der Waals surface area (Å²) in [5.74, 6) is 2.85. The van der Waals surface area contributed by atoms with Crippen LogP contribution in [0.3, 0.4) is 0 Å². The first kappa shape index (κ1) is 13.3. The summed E-state index contributed by atoms with van der Waals surface area (Å²) >= 11 is 6.13. The Kier molecular flexibility index (Phi) is 3.54. The molecule has 20 heavy (non-hydrogen) atoms. The van der Waals surface area contributed by atoms with Crippen LogP contribution in [-0.4, -0.2) is 11.8 Å². The van der Waals surface area contributed by atoms with Crippen molar-refractivity contribution in [1.82, 2.24) is 10.3 Å². The van der Waals surface area contributed by atoms with Gasteiger partial charge in [0.25, 0.3) is 0 Å². The van der Waals surface area contributed by atoms with E-state index in [-0.39, 0.29) is 6.79 Å². The Labute approximate surface area is 121 Å². The lowest BCUT2D eigenvalue weighted by Gasteiger charge is -2.05. The van der Waals surface area contributed by atoms with Crippen LogP contribution in [0.25, 0.3) is 0 Å². The van der Waals surface area contributed by atoms with Crippen LogP contribution in [0.15, 0.2) is 16.5 Å². The Morgan fingerprint density at radius 3 is 2.85 bits per heavy atom. The molecule has 0 unspecified atom stereocenters. The predicted molar refractivity (Wildman–Crippen MR) is 74.1 cm³/mol. The Bertz CT molecular complexity index is 620. The largest absolute Gasteiger partial charge is 0.454 e. The number of aromatic nitrogens is 1. The second-order valence-corrected chi connectivity index (χ2v) is 5.07. The van der Waals surface area contributed by atoms with E-state index in [1.54, 1.807) is 0 Å². The van der Waals surface area contributed by atoms with Gasteiger partial charge in [-0.05, 0) is 31.5 Å². The minimum atomic E-state index is 0.223. The molecule has 0 amide bonds. The van der Waals surface area contributed by atoms with Gasteiger partial charge in [-0.1, -0.05) is 11.6 Å². The van der Waals surface area contributed by atoms with Gasteiger partial charge in [-0.15, -0.1) is 0 Å². The highest BCUT2D eigenvalue weighted by atomic mass is 35.5. The molecule has 0 aliphatic carbocycles. The summed E-state index contributed by atoms with van der Waals surface area (Å²) in [6, 6.07) is 3.79. The number of benzene rings is 1. The summed E-state index contributed by atoms with van der Waals surface area (Å²) in [5, 5.41) is 3.83. The summed E-state index contributed by atoms with van der Waals surface area (Å²) in [6.45, 7) is 5.28. The number of hydrogen-bond acceptors (Lipinski definition) is 5. The van der Waals surface area contributed by atoms with E-state index >= 15 is 0 Å². The van der Waals surface area contributed by atoms with Crippen LogP contribution in [-0.2, 0) is 13.1 Å². The second kappa shape index (κ2) is 5.34. The fourth-order valence-corrected chi connectivity index (χ4v) is 2.34. The molecule has 0 bridgehead atoms. The first-order chi connectivity index (χ1) is 9.63. The standard InChI is InChI=1S/C14H15ClN2O3/c1-8-9(2)20-13(17-8)6-16-5-10-3-11(15)14-12(4-10)18-7-19-14/h3-4,16H,5-7H2,1-2H3. The third-order valence-corrected chi connectivity index (χ3v) is 3.45. The molecule has 1 aliphatic rings. The maximum atomic E-state index is 6.13. The first-order valence-corrected chi connectivity index (χ1v) is 6.73. The van der Waals surface area contributed by atoms with Gasteiger partial charge in [0.2, 0.25) is 12.7 Å². The SMILES string of the molecule is Cc1nc(CNCc2cc(Cl)c3c(c2)OCO3)oc1C. The highest BCUT2D eigenvalue weighted by Gasteiger charge is 2.18. The lowest BCUT2D eigenvalue weighted by molar-refractivity contribution is 0.174. The van der Waals surface area contributed by atoms with Crippen molar-refractivity contribution in [2.24, 2.45) is 0 Å². The van der Waals surface area contributed by atoms with Crippen molar-refractivity contribution in [2.45, 2.75) is 26.9 Å². The summed E-state index contributed by atoms with van der Waals surface area (Å²) in [4.78, 5) is 4.32. The summed E-state index contributed by atoms with van der Waals surface area (Å²) in [7, 11) is 0. The molecule has 2 heterocycles. The number of oxazole rings is 1. The van der Waals surface area contributed by atoms with Crippen LogP contribution in [0, 0.1) is 13.8 Å². The fraction of sp³-hybridized carbons (Fsp3) is 0.357. The quantitative estimate of drug-likeness (QED) is 0.939. The van der Waals surface area contributed by atoms with E-state index in [0.717, 1.165) is 17.0 Å². The lowest BCUT2D eigenvalue weighted by atomic mass is 10.2. The number of nitrogens with one attached hydrogen (secondary N) is 1. The lowest BCUT2D eigenvalue weighted by Crippen LogP contribution is -2.12. The minimum Gasteiger partial charge on any atom is -0.454 e. The topological polar surface area (TPSA) is 56.5 Å². The van der Waals surface area contributed by atoms with Crippen molar-refractivity contribution >= 4 is 11.6 Å². The second-order valence-electron chi connectivity index (χ2n) is 4.66. The van der Waals surface area contributed by atoms with Crippen molar-refractivity contribution < 1.29 is 13.9 Å². The maximum Gasteiger partial charge on any atom is 0.231 e. The van der Waals surface area contributed by atoms with E-state index in [4.69, 9.17) is 25.5 Å². The van der Waals surface area contributed by atoms with Crippen LogP contribution in [0.4, 0.5) is 0 Å². The number of rotatable bonds is 4. The van der Waals surface area contributed by atoms with Crippen molar-refractivity contribution in [3.8, 4) is 11.5 Å². The molecule has 0 fully saturated rings. The predicted octanol–water partition coefficient (Wildman–Crippen LogP) is 2.96. The van der Waals surface area contributed by atoms with E-state index in [1.165, 1.54) is 0 Å². The molecule has 0 saturated heterocycles. The summed E-state index contributed by atoms with van der Waals surface area (Å²) in [5.41, 5.74) is 1.95. The number of nitrogens with zero attached hydrogens (tertiary/aromatic N) is 1. The zero-order valence-corrected chi connectivity index (χ0v) is 12.1. The zero-order chi connectivity index (χ0) is 14.1. The van der Waals surface area contributed by atoms with Crippen molar-refractivity contribution in [3.05, 3.63) is 40.1 Å². The Morgan fingerprint density at radius 2 is 2.10 bits per heavy atom. The molecule has 5 nitrogen and oxygen atoms in total. The molecule has 1 aromatic heterocycles. The van der Waals surface area contributed by atoms with E-state index < -0.39 is 0 Å². The van der Waals surface area contributed by atoms with Gasteiger partial charge >= 0.3 is 0 Å². The fourth-order valence-electron chi connectivity index (χ4n) is 2.05. The van der Waals surface area contributed by atoms with Gasteiger partial charge in [-0.25, -0.2) is 4.98 Å². The molecule has 1 N–H and O–H groups in total. The van der Waals surface area contributed by atoms with E-state index in [9.17, 15) is 0 Å². The van der Waals surface area contributed by atoms with Gasteiger partial charge in [-0.3, -0.25) is 0 Å². The van der Waals surface area contributed by atoms with Gasteiger partial charge < -0.3 is 19.2 Å². The highest BCUT2D eigenvalue weighted by molar-refractivity contribution is 6.32. The molecule has 3 rings (SSSR count).